The fraction of sp³-hybridized carbons (Fsp3) is 0.545. The predicted octanol–water partition coefficient (Wildman–Crippen LogP) is 1.13. The molecule has 2 aromatic heterocycles. The maximum atomic E-state index is 10.9. The van der Waals surface area contributed by atoms with E-state index in [-0.39, 0.29) is 5.91 Å². The molecule has 0 spiro atoms. The molecular weight excluding hydrogens is 250 g/mol. The van der Waals surface area contributed by atoms with Crippen LogP contribution in [0.2, 0.25) is 0 Å². The zero-order valence-electron chi connectivity index (χ0n) is 10.8. The minimum atomic E-state index is -0.0347. The Labute approximate surface area is 110 Å². The largest absolute Gasteiger partial charge is 0.355 e. The number of imidazole rings is 1. The molecule has 0 fully saturated rings. The number of rotatable bonds is 4. The molecule has 0 atom stereocenters. The predicted molar refractivity (Wildman–Crippen MR) is 72.0 cm³/mol. The number of aryl methyl sites for hydroxylation is 2. The lowest BCUT2D eigenvalue weighted by Crippen LogP contribution is -2.24. The lowest BCUT2D eigenvalue weighted by molar-refractivity contribution is -0.118. The van der Waals surface area contributed by atoms with Crippen molar-refractivity contribution in [2.24, 2.45) is 7.05 Å². The van der Waals surface area contributed by atoms with Gasteiger partial charge in [-0.3, -0.25) is 14.0 Å². The molecule has 0 saturated heterocycles. The Morgan fingerprint density at radius 3 is 2.89 bits per heavy atom. The highest BCUT2D eigenvalue weighted by Gasteiger charge is 2.13. The van der Waals surface area contributed by atoms with E-state index in [4.69, 9.17) is 12.2 Å². The summed E-state index contributed by atoms with van der Waals surface area (Å²) in [5, 5.41) is 7.21. The maximum absolute atomic E-state index is 10.9. The van der Waals surface area contributed by atoms with Gasteiger partial charge in [-0.25, -0.2) is 0 Å². The number of aromatic amines is 1. The molecule has 0 aliphatic carbocycles. The molecule has 0 radical (unpaired) electrons. The molecule has 6 nitrogen and oxygen atoms in total. The van der Waals surface area contributed by atoms with Gasteiger partial charge in [0.05, 0.1) is 5.69 Å². The monoisotopic (exact) mass is 267 g/mol. The lowest BCUT2D eigenvalue weighted by atomic mass is 10.3. The lowest BCUT2D eigenvalue weighted by Gasteiger charge is -2.05. The maximum Gasteiger partial charge on any atom is 0.216 e. The number of nitrogens with zero attached hydrogens (tertiary/aromatic N) is 3. The van der Waals surface area contributed by atoms with Gasteiger partial charge in [0.15, 0.2) is 10.4 Å². The second-order valence-electron chi connectivity index (χ2n) is 4.19. The van der Waals surface area contributed by atoms with Gasteiger partial charge in [0.1, 0.15) is 5.52 Å². The van der Waals surface area contributed by atoms with Crippen LogP contribution in [0, 0.1) is 4.77 Å². The Morgan fingerprint density at radius 2 is 2.28 bits per heavy atom. The van der Waals surface area contributed by atoms with E-state index >= 15 is 0 Å². The van der Waals surface area contributed by atoms with Gasteiger partial charge < -0.3 is 10.3 Å². The molecule has 0 unspecified atom stereocenters. The Morgan fingerprint density at radius 1 is 1.56 bits per heavy atom. The van der Waals surface area contributed by atoms with E-state index in [9.17, 15) is 4.79 Å². The molecule has 2 heterocycles. The number of nitrogens with one attached hydrogen (secondary N) is 2. The molecule has 2 aromatic rings. The van der Waals surface area contributed by atoms with Gasteiger partial charge in [-0.05, 0) is 18.6 Å². The second-order valence-corrected chi connectivity index (χ2v) is 4.57. The quantitative estimate of drug-likeness (QED) is 0.816. The number of carbonyl (C=O) groups excluding carboxylic acids is 1. The van der Waals surface area contributed by atoms with Gasteiger partial charge in [-0.15, -0.1) is 0 Å². The first kappa shape index (κ1) is 12.8. The Balaban J connectivity index is 2.37. The number of hydrogen-bond donors (Lipinski definition) is 2. The molecule has 0 aromatic carbocycles. The van der Waals surface area contributed by atoms with Crippen LogP contribution >= 0.6 is 12.2 Å². The Bertz CT molecular complexity index is 636. The van der Waals surface area contributed by atoms with Crippen LogP contribution in [0.1, 0.15) is 19.5 Å². The van der Waals surface area contributed by atoms with E-state index in [0.29, 0.717) is 17.9 Å². The van der Waals surface area contributed by atoms with Crippen LogP contribution in [-0.2, 0) is 24.8 Å². The van der Waals surface area contributed by atoms with Gasteiger partial charge in [0, 0.05) is 27.1 Å². The third-order valence-corrected chi connectivity index (χ3v) is 3.19. The molecule has 0 saturated carbocycles. The van der Waals surface area contributed by atoms with Gasteiger partial charge in [0.25, 0.3) is 0 Å². The molecule has 18 heavy (non-hydrogen) atoms. The van der Waals surface area contributed by atoms with Crippen LogP contribution in [0.15, 0.2) is 0 Å². The zero-order chi connectivity index (χ0) is 13.3. The third-order valence-electron chi connectivity index (χ3n) is 2.87. The number of hydrogen-bond acceptors (Lipinski definition) is 3. The van der Waals surface area contributed by atoms with Gasteiger partial charge in [-0.1, -0.05) is 6.92 Å². The van der Waals surface area contributed by atoms with Crippen molar-refractivity contribution < 1.29 is 4.79 Å². The molecule has 0 bridgehead atoms. The fourth-order valence-electron chi connectivity index (χ4n) is 2.08. The summed E-state index contributed by atoms with van der Waals surface area (Å²) in [6.07, 6.45) is 0.859. The van der Waals surface area contributed by atoms with Crippen LogP contribution < -0.4 is 5.32 Å². The van der Waals surface area contributed by atoms with Crippen molar-refractivity contribution in [3.8, 4) is 0 Å². The smallest absolute Gasteiger partial charge is 0.216 e. The van der Waals surface area contributed by atoms with Crippen molar-refractivity contribution in [3.63, 3.8) is 0 Å². The number of amides is 1. The Hall–Kier alpha value is -1.63. The van der Waals surface area contributed by atoms with E-state index in [1.165, 1.54) is 6.92 Å². The normalized spacial score (nSPS) is 11.1. The summed E-state index contributed by atoms with van der Waals surface area (Å²) in [5.74, 6) is -0.0347. The topological polar surface area (TPSA) is 67.6 Å². The number of aromatic nitrogens is 4. The van der Waals surface area contributed by atoms with Crippen molar-refractivity contribution in [2.45, 2.75) is 26.8 Å². The highest BCUT2D eigenvalue weighted by atomic mass is 32.1. The molecule has 0 aliphatic heterocycles. The number of carbonyl (C=O) groups is 1. The van der Waals surface area contributed by atoms with Crippen molar-refractivity contribution in [1.82, 2.24) is 24.6 Å². The zero-order valence-corrected chi connectivity index (χ0v) is 11.6. The van der Waals surface area contributed by atoms with Crippen molar-refractivity contribution in [3.05, 3.63) is 10.5 Å². The number of H-pyrrole nitrogens is 1. The molecule has 2 N–H and O–H groups in total. The first-order chi connectivity index (χ1) is 8.54. The molecule has 1 amide bonds. The number of fused-ring (bicyclic) bond motifs is 1. The molecular formula is C11H17N5OS. The average molecular weight is 267 g/mol. The molecule has 98 valence electrons. The second kappa shape index (κ2) is 4.93. The highest BCUT2D eigenvalue weighted by molar-refractivity contribution is 7.71. The minimum Gasteiger partial charge on any atom is -0.355 e. The van der Waals surface area contributed by atoms with Crippen molar-refractivity contribution >= 4 is 29.3 Å². The molecule has 7 heteroatoms. The average Bonchev–Trinajstić information content (AvgIpc) is 2.77. The van der Waals surface area contributed by atoms with Gasteiger partial charge >= 0.3 is 0 Å². The summed E-state index contributed by atoms with van der Waals surface area (Å²) in [5.41, 5.74) is 2.98. The summed E-state index contributed by atoms with van der Waals surface area (Å²) in [6, 6.07) is 0. The van der Waals surface area contributed by atoms with E-state index in [1.54, 1.807) is 0 Å². The molecule has 2 rings (SSSR count). The van der Waals surface area contributed by atoms with Gasteiger partial charge in [0.2, 0.25) is 5.91 Å². The SMILES string of the molecule is CCc1nn(C)c2c1[nH]c(=S)n2CCNC(C)=O. The summed E-state index contributed by atoms with van der Waals surface area (Å²) in [7, 11) is 1.90. The Kier molecular flexibility index (Phi) is 3.51. The highest BCUT2D eigenvalue weighted by Crippen LogP contribution is 2.17. The van der Waals surface area contributed by atoms with E-state index in [2.05, 4.69) is 22.3 Å². The summed E-state index contributed by atoms with van der Waals surface area (Å²) >= 11 is 5.31. The van der Waals surface area contributed by atoms with E-state index in [0.717, 1.165) is 23.3 Å². The summed E-state index contributed by atoms with van der Waals surface area (Å²) in [6.45, 7) is 4.77. The van der Waals surface area contributed by atoms with Crippen LogP contribution in [0.25, 0.3) is 11.2 Å². The van der Waals surface area contributed by atoms with Gasteiger partial charge in [-0.2, -0.15) is 5.10 Å². The van der Waals surface area contributed by atoms with Crippen molar-refractivity contribution in [1.29, 1.82) is 0 Å². The van der Waals surface area contributed by atoms with Crippen LogP contribution in [0.5, 0.6) is 0 Å². The van der Waals surface area contributed by atoms with E-state index in [1.807, 2.05) is 16.3 Å². The van der Waals surface area contributed by atoms with Crippen LogP contribution in [0.3, 0.4) is 0 Å². The first-order valence-corrected chi connectivity index (χ1v) is 6.34. The summed E-state index contributed by atoms with van der Waals surface area (Å²) in [4.78, 5) is 14.1. The molecule has 0 aliphatic rings. The van der Waals surface area contributed by atoms with Crippen molar-refractivity contribution in [2.75, 3.05) is 6.54 Å². The minimum absolute atomic E-state index is 0.0347. The first-order valence-electron chi connectivity index (χ1n) is 5.93. The fourth-order valence-corrected chi connectivity index (χ4v) is 2.36. The van der Waals surface area contributed by atoms with E-state index < -0.39 is 0 Å². The standard InChI is InChI=1S/C11H17N5OS/c1-4-8-9-10(15(3)14-8)16(11(18)13-9)6-5-12-7(2)17/h4-6H2,1-3H3,(H,12,17)(H,13,18). The third kappa shape index (κ3) is 2.17. The van der Waals surface area contributed by atoms with Crippen LogP contribution in [0.4, 0.5) is 0 Å². The van der Waals surface area contributed by atoms with Crippen LogP contribution in [-0.4, -0.2) is 31.8 Å². The summed E-state index contributed by atoms with van der Waals surface area (Å²) < 4.78 is 4.46.